The van der Waals surface area contributed by atoms with E-state index in [9.17, 15) is 9.90 Å². The summed E-state index contributed by atoms with van der Waals surface area (Å²) in [4.78, 5) is 15.6. The maximum atomic E-state index is 11.3. The normalized spacial score (nSPS) is 10.8. The Hall–Kier alpha value is -3.47. The van der Waals surface area contributed by atoms with Gasteiger partial charge in [0, 0.05) is 11.8 Å². The van der Waals surface area contributed by atoms with Crippen LogP contribution in [0.5, 0.6) is 0 Å². The van der Waals surface area contributed by atoms with E-state index in [1.807, 2.05) is 48.5 Å². The van der Waals surface area contributed by atoms with Crippen LogP contribution in [0.1, 0.15) is 10.5 Å². The fourth-order valence-electron chi connectivity index (χ4n) is 2.69. The van der Waals surface area contributed by atoms with Crippen molar-refractivity contribution in [2.75, 3.05) is 0 Å². The Morgan fingerprint density at radius 1 is 0.917 bits per heavy atom. The van der Waals surface area contributed by atoms with E-state index in [2.05, 4.69) is 10.1 Å². The Balaban J connectivity index is 1.94. The molecule has 0 aliphatic carbocycles. The van der Waals surface area contributed by atoms with Crippen molar-refractivity contribution >= 4 is 16.7 Å². The van der Waals surface area contributed by atoms with Gasteiger partial charge < -0.3 is 5.11 Å². The minimum atomic E-state index is -1.06. The zero-order valence-electron chi connectivity index (χ0n) is 12.6. The van der Waals surface area contributed by atoms with Crippen molar-refractivity contribution in [3.8, 4) is 17.1 Å². The first-order chi connectivity index (χ1) is 11.7. The summed E-state index contributed by atoms with van der Waals surface area (Å²) in [6.07, 6.45) is 1.65. The molecule has 0 saturated carbocycles. The van der Waals surface area contributed by atoms with Gasteiger partial charge in [0.15, 0.2) is 11.5 Å². The summed E-state index contributed by atoms with van der Waals surface area (Å²) >= 11 is 0. The molecule has 24 heavy (non-hydrogen) atoms. The van der Waals surface area contributed by atoms with Gasteiger partial charge in [-0.25, -0.2) is 14.5 Å². The van der Waals surface area contributed by atoms with Crippen LogP contribution in [-0.4, -0.2) is 25.8 Å². The second-order valence-corrected chi connectivity index (χ2v) is 5.38. The summed E-state index contributed by atoms with van der Waals surface area (Å²) in [7, 11) is 0. The molecule has 0 saturated heterocycles. The molecule has 5 nitrogen and oxygen atoms in total. The van der Waals surface area contributed by atoms with E-state index >= 15 is 0 Å². The van der Waals surface area contributed by atoms with Gasteiger partial charge in [-0.05, 0) is 35.0 Å². The molecule has 0 aliphatic heterocycles. The van der Waals surface area contributed by atoms with Gasteiger partial charge in [0.25, 0.3) is 0 Å². The summed E-state index contributed by atoms with van der Waals surface area (Å²) in [5, 5.41) is 15.7. The highest BCUT2D eigenvalue weighted by Crippen LogP contribution is 2.27. The number of hydrogen-bond acceptors (Lipinski definition) is 3. The molecule has 0 fully saturated rings. The summed E-state index contributed by atoms with van der Waals surface area (Å²) in [6, 6.07) is 21.0. The van der Waals surface area contributed by atoms with Crippen LogP contribution < -0.4 is 0 Å². The van der Waals surface area contributed by atoms with Crippen molar-refractivity contribution in [2.45, 2.75) is 0 Å². The van der Waals surface area contributed by atoms with Crippen LogP contribution in [0.4, 0.5) is 0 Å². The predicted molar refractivity (Wildman–Crippen MR) is 91.3 cm³/mol. The van der Waals surface area contributed by atoms with Crippen LogP contribution in [-0.2, 0) is 0 Å². The van der Waals surface area contributed by atoms with Crippen LogP contribution in [0.3, 0.4) is 0 Å². The number of hydrogen-bond donors (Lipinski definition) is 1. The summed E-state index contributed by atoms with van der Waals surface area (Å²) in [6.45, 7) is 0. The number of benzene rings is 2. The Kier molecular flexibility index (Phi) is 3.31. The quantitative estimate of drug-likeness (QED) is 0.624. The highest BCUT2D eigenvalue weighted by molar-refractivity contribution is 5.90. The fourth-order valence-corrected chi connectivity index (χ4v) is 2.69. The first kappa shape index (κ1) is 14.1. The Bertz CT molecular complexity index is 1040. The summed E-state index contributed by atoms with van der Waals surface area (Å²) in [5.74, 6) is -0.486. The molecular weight excluding hydrogens is 302 g/mol. The third-order valence-electron chi connectivity index (χ3n) is 3.84. The lowest BCUT2D eigenvalue weighted by Gasteiger charge is -2.07. The van der Waals surface area contributed by atoms with Crippen LogP contribution in [0.25, 0.3) is 27.8 Å². The number of nitrogens with zero attached hydrogens (tertiary/aromatic N) is 3. The average molecular weight is 315 g/mol. The van der Waals surface area contributed by atoms with Crippen LogP contribution in [0.2, 0.25) is 0 Å². The largest absolute Gasteiger partial charge is 0.476 e. The van der Waals surface area contributed by atoms with Gasteiger partial charge in [-0.3, -0.25) is 0 Å². The molecule has 2 aromatic heterocycles. The van der Waals surface area contributed by atoms with Crippen molar-refractivity contribution in [3.05, 3.63) is 78.6 Å². The van der Waals surface area contributed by atoms with Gasteiger partial charge in [-0.15, -0.1) is 0 Å². The lowest BCUT2D eigenvalue weighted by atomic mass is 10.0. The van der Waals surface area contributed by atoms with Crippen molar-refractivity contribution in [1.29, 1.82) is 0 Å². The van der Waals surface area contributed by atoms with E-state index in [0.29, 0.717) is 11.5 Å². The number of carboxylic acids is 1. The van der Waals surface area contributed by atoms with Crippen molar-refractivity contribution in [3.63, 3.8) is 0 Å². The molecule has 0 radical (unpaired) electrons. The van der Waals surface area contributed by atoms with E-state index in [4.69, 9.17) is 0 Å². The number of carboxylic acid groups (broad SMARTS) is 1. The first-order valence-corrected chi connectivity index (χ1v) is 7.46. The monoisotopic (exact) mass is 315 g/mol. The summed E-state index contributed by atoms with van der Waals surface area (Å²) < 4.78 is 1.56. The lowest BCUT2D eigenvalue weighted by molar-refractivity contribution is 0.0690. The van der Waals surface area contributed by atoms with Gasteiger partial charge in [0.2, 0.25) is 0 Å². The van der Waals surface area contributed by atoms with Crippen molar-refractivity contribution in [1.82, 2.24) is 14.8 Å². The molecule has 0 amide bonds. The zero-order valence-corrected chi connectivity index (χ0v) is 12.6. The van der Waals surface area contributed by atoms with Crippen molar-refractivity contribution < 1.29 is 9.90 Å². The molecule has 4 aromatic rings. The van der Waals surface area contributed by atoms with Crippen molar-refractivity contribution in [2.24, 2.45) is 0 Å². The molecule has 5 heteroatoms. The average Bonchev–Trinajstić information content (AvgIpc) is 3.08. The minimum Gasteiger partial charge on any atom is -0.476 e. The van der Waals surface area contributed by atoms with E-state index in [0.717, 1.165) is 16.3 Å². The number of aromatic nitrogens is 3. The van der Waals surface area contributed by atoms with E-state index in [-0.39, 0.29) is 5.69 Å². The molecule has 0 spiro atoms. The van der Waals surface area contributed by atoms with E-state index in [1.165, 1.54) is 0 Å². The number of carbonyl (C=O) groups is 1. The molecule has 0 bridgehead atoms. The molecule has 1 N–H and O–H groups in total. The van der Waals surface area contributed by atoms with Gasteiger partial charge in [-0.2, -0.15) is 5.10 Å². The number of pyridine rings is 1. The maximum absolute atomic E-state index is 11.3. The molecular formula is C19H13N3O2. The molecule has 0 atom stereocenters. The Morgan fingerprint density at radius 2 is 1.71 bits per heavy atom. The molecule has 2 aromatic carbocycles. The third-order valence-corrected chi connectivity index (χ3v) is 3.84. The maximum Gasteiger partial charge on any atom is 0.356 e. The van der Waals surface area contributed by atoms with Gasteiger partial charge in [0.05, 0.1) is 5.69 Å². The lowest BCUT2D eigenvalue weighted by Crippen LogP contribution is -2.03. The number of aromatic carboxylic acids is 1. The topological polar surface area (TPSA) is 68.0 Å². The van der Waals surface area contributed by atoms with Crippen LogP contribution >= 0.6 is 0 Å². The van der Waals surface area contributed by atoms with Crippen LogP contribution in [0, 0.1) is 0 Å². The molecule has 4 rings (SSSR count). The third kappa shape index (κ3) is 2.42. The minimum absolute atomic E-state index is 0.0104. The van der Waals surface area contributed by atoms with E-state index < -0.39 is 5.97 Å². The molecule has 116 valence electrons. The standard InChI is InChI=1S/C19H13N3O2/c23-19(24)16-12-17(22(21-16)18-7-3-4-10-20-18)15-9-8-13-5-1-2-6-14(13)11-15/h1-12H,(H,23,24). The summed E-state index contributed by atoms with van der Waals surface area (Å²) in [5.41, 5.74) is 1.57. The first-order valence-electron chi connectivity index (χ1n) is 7.46. The van der Waals surface area contributed by atoms with Gasteiger partial charge in [-0.1, -0.05) is 42.5 Å². The SMILES string of the molecule is O=C(O)c1cc(-c2ccc3ccccc3c2)n(-c2ccccn2)n1. The Labute approximate surface area is 137 Å². The molecule has 0 aliphatic rings. The van der Waals surface area contributed by atoms with Crippen LogP contribution in [0.15, 0.2) is 72.9 Å². The number of rotatable bonds is 3. The highest BCUT2D eigenvalue weighted by atomic mass is 16.4. The smallest absolute Gasteiger partial charge is 0.356 e. The fraction of sp³-hybridized carbons (Fsp3) is 0. The van der Waals surface area contributed by atoms with E-state index in [1.54, 1.807) is 29.1 Å². The van der Waals surface area contributed by atoms with Gasteiger partial charge >= 0.3 is 5.97 Å². The molecule has 2 heterocycles. The highest BCUT2D eigenvalue weighted by Gasteiger charge is 2.16. The zero-order chi connectivity index (χ0) is 16.5. The van der Waals surface area contributed by atoms with Gasteiger partial charge in [0.1, 0.15) is 0 Å². The second-order valence-electron chi connectivity index (χ2n) is 5.38. The predicted octanol–water partition coefficient (Wildman–Crippen LogP) is 3.79. The Morgan fingerprint density at radius 3 is 2.46 bits per heavy atom. The molecule has 0 unspecified atom stereocenters. The number of fused-ring (bicyclic) bond motifs is 1. The second kappa shape index (κ2) is 5.62.